The van der Waals surface area contributed by atoms with Crippen molar-refractivity contribution in [3.8, 4) is 0 Å². The second-order valence-electron chi connectivity index (χ2n) is 3.79. The number of amides is 4. The standard InChI is InChI=1S/C10H14N4O4/c1-3-11-7-8(13(5-15)9(11)17)14(6-16)10(18)12(7)4-2/h3-4,7-8,15-16H,1-2,5-6H2. The highest BCUT2D eigenvalue weighted by Gasteiger charge is 2.57. The normalized spacial score (nSPS) is 27.0. The van der Waals surface area contributed by atoms with Gasteiger partial charge >= 0.3 is 12.1 Å². The van der Waals surface area contributed by atoms with Gasteiger partial charge < -0.3 is 10.2 Å². The van der Waals surface area contributed by atoms with Gasteiger partial charge in [0.2, 0.25) is 0 Å². The fraction of sp³-hybridized carbons (Fsp3) is 0.400. The van der Waals surface area contributed by atoms with Crippen LogP contribution < -0.4 is 0 Å². The van der Waals surface area contributed by atoms with Crippen molar-refractivity contribution in [1.82, 2.24) is 19.6 Å². The van der Waals surface area contributed by atoms with Gasteiger partial charge in [0, 0.05) is 12.4 Å². The number of aliphatic hydroxyl groups is 2. The van der Waals surface area contributed by atoms with Crippen LogP contribution in [0, 0.1) is 0 Å². The molecule has 0 atom stereocenters. The Morgan fingerprint density at radius 2 is 1.33 bits per heavy atom. The molecule has 98 valence electrons. The van der Waals surface area contributed by atoms with Crippen LogP contribution in [0.1, 0.15) is 0 Å². The molecule has 0 spiro atoms. The van der Waals surface area contributed by atoms with Crippen LogP contribution in [0.15, 0.2) is 25.6 Å². The van der Waals surface area contributed by atoms with Gasteiger partial charge in [-0.25, -0.2) is 9.59 Å². The smallest absolute Gasteiger partial charge is 0.329 e. The largest absolute Gasteiger partial charge is 0.376 e. The Hall–Kier alpha value is -2.06. The summed E-state index contributed by atoms with van der Waals surface area (Å²) in [6.45, 7) is 5.91. The van der Waals surface area contributed by atoms with Crippen molar-refractivity contribution >= 4 is 12.1 Å². The summed E-state index contributed by atoms with van der Waals surface area (Å²) >= 11 is 0. The van der Waals surface area contributed by atoms with E-state index in [1.165, 1.54) is 22.2 Å². The van der Waals surface area contributed by atoms with E-state index in [-0.39, 0.29) is 0 Å². The summed E-state index contributed by atoms with van der Waals surface area (Å²) in [5.41, 5.74) is 0. The molecule has 2 aliphatic rings. The summed E-state index contributed by atoms with van der Waals surface area (Å²) in [6, 6.07) is -0.972. The summed E-state index contributed by atoms with van der Waals surface area (Å²) in [6.07, 6.45) is 1.11. The molecule has 8 nitrogen and oxygen atoms in total. The Bertz CT molecular complexity index is 377. The summed E-state index contributed by atoms with van der Waals surface area (Å²) in [5.74, 6) is 0. The van der Waals surface area contributed by atoms with Crippen LogP contribution in [-0.2, 0) is 0 Å². The van der Waals surface area contributed by atoms with Gasteiger partial charge in [0.15, 0.2) is 12.3 Å². The van der Waals surface area contributed by atoms with E-state index in [1.807, 2.05) is 0 Å². The van der Waals surface area contributed by atoms with Crippen molar-refractivity contribution in [1.29, 1.82) is 0 Å². The van der Waals surface area contributed by atoms with Crippen molar-refractivity contribution in [3.05, 3.63) is 25.6 Å². The maximum absolute atomic E-state index is 12.0. The molecule has 2 aliphatic heterocycles. The lowest BCUT2D eigenvalue weighted by atomic mass is 10.3. The minimum absolute atomic E-state index is 0.486. The topological polar surface area (TPSA) is 87.6 Å². The van der Waals surface area contributed by atoms with Crippen molar-refractivity contribution in [3.63, 3.8) is 0 Å². The highest BCUT2D eigenvalue weighted by molar-refractivity contribution is 5.86. The van der Waals surface area contributed by atoms with Crippen LogP contribution in [0.2, 0.25) is 0 Å². The summed E-state index contributed by atoms with van der Waals surface area (Å²) in [7, 11) is 0. The Morgan fingerprint density at radius 3 is 1.61 bits per heavy atom. The number of fused-ring (bicyclic) bond motifs is 1. The molecule has 0 bridgehead atoms. The number of carbonyl (C=O) groups excluding carboxylic acids is 2. The average Bonchev–Trinajstić information content (AvgIpc) is 2.78. The van der Waals surface area contributed by atoms with Gasteiger partial charge in [-0.2, -0.15) is 0 Å². The lowest BCUT2D eigenvalue weighted by Gasteiger charge is -2.25. The van der Waals surface area contributed by atoms with E-state index in [2.05, 4.69) is 13.2 Å². The van der Waals surface area contributed by atoms with E-state index in [1.54, 1.807) is 0 Å². The molecule has 0 saturated carbocycles. The molecule has 2 N–H and O–H groups in total. The van der Waals surface area contributed by atoms with Gasteiger partial charge in [-0.05, 0) is 0 Å². The van der Waals surface area contributed by atoms with Crippen LogP contribution in [0.25, 0.3) is 0 Å². The van der Waals surface area contributed by atoms with Gasteiger partial charge in [0.1, 0.15) is 13.5 Å². The lowest BCUT2D eigenvalue weighted by Crippen LogP contribution is -2.47. The van der Waals surface area contributed by atoms with Crippen LogP contribution in [-0.4, -0.2) is 67.7 Å². The maximum Gasteiger partial charge on any atom is 0.329 e. The number of carbonyl (C=O) groups is 2. The van der Waals surface area contributed by atoms with Gasteiger partial charge in [0.05, 0.1) is 0 Å². The van der Waals surface area contributed by atoms with Crippen LogP contribution >= 0.6 is 0 Å². The van der Waals surface area contributed by atoms with Gasteiger partial charge in [-0.15, -0.1) is 0 Å². The zero-order valence-corrected chi connectivity index (χ0v) is 9.64. The average molecular weight is 254 g/mol. The Morgan fingerprint density at radius 1 is 0.944 bits per heavy atom. The molecular formula is C10H14N4O4. The SMILES string of the molecule is C=CN1C(=O)N(CO)C2C1N(C=C)C(=O)N2CO. The number of hydrogen-bond donors (Lipinski definition) is 2. The zero-order valence-electron chi connectivity index (χ0n) is 9.64. The fourth-order valence-electron chi connectivity index (χ4n) is 2.32. The van der Waals surface area contributed by atoms with E-state index in [0.29, 0.717) is 0 Å². The Kier molecular flexibility index (Phi) is 2.97. The molecule has 8 heteroatoms. The van der Waals surface area contributed by atoms with Crippen LogP contribution in [0.5, 0.6) is 0 Å². The molecule has 0 aliphatic carbocycles. The number of hydrogen-bond acceptors (Lipinski definition) is 4. The predicted octanol–water partition coefficient (Wildman–Crippen LogP) is -0.700. The van der Waals surface area contributed by atoms with E-state index < -0.39 is 37.9 Å². The summed E-state index contributed by atoms with van der Waals surface area (Å²) < 4.78 is 0. The van der Waals surface area contributed by atoms with E-state index in [0.717, 1.165) is 9.80 Å². The molecule has 0 aromatic rings. The minimum Gasteiger partial charge on any atom is -0.376 e. The Balaban J connectivity index is 2.47. The first-order chi connectivity index (χ1) is 8.62. The highest BCUT2D eigenvalue weighted by Crippen LogP contribution is 2.34. The van der Waals surface area contributed by atoms with Crippen LogP contribution in [0.4, 0.5) is 9.59 Å². The summed E-state index contributed by atoms with van der Waals surface area (Å²) in [4.78, 5) is 28.5. The second-order valence-corrected chi connectivity index (χ2v) is 3.79. The number of rotatable bonds is 4. The van der Waals surface area contributed by atoms with Gasteiger partial charge in [0.25, 0.3) is 0 Å². The first-order valence-electron chi connectivity index (χ1n) is 5.27. The zero-order chi connectivity index (χ0) is 13.4. The molecule has 2 fully saturated rings. The van der Waals surface area contributed by atoms with Crippen LogP contribution in [0.3, 0.4) is 0 Å². The quantitative estimate of drug-likeness (QED) is 0.694. The number of nitrogens with zero attached hydrogens (tertiary/aromatic N) is 4. The highest BCUT2D eigenvalue weighted by atomic mass is 16.3. The molecule has 0 aromatic heterocycles. The molecule has 2 saturated heterocycles. The van der Waals surface area contributed by atoms with Gasteiger partial charge in [-0.1, -0.05) is 13.2 Å². The molecule has 0 unspecified atom stereocenters. The van der Waals surface area contributed by atoms with E-state index in [9.17, 15) is 19.8 Å². The third-order valence-corrected chi connectivity index (χ3v) is 3.11. The molecule has 0 radical (unpaired) electrons. The Labute approximate surface area is 104 Å². The minimum atomic E-state index is -0.768. The third kappa shape index (κ3) is 1.33. The van der Waals surface area contributed by atoms with Crippen molar-refractivity contribution in [2.24, 2.45) is 0 Å². The number of aliphatic hydroxyl groups excluding tert-OH is 2. The number of urea groups is 2. The molecule has 0 aromatic carbocycles. The lowest BCUT2D eigenvalue weighted by molar-refractivity contribution is 0.0264. The molecule has 4 amide bonds. The molecular weight excluding hydrogens is 240 g/mol. The van der Waals surface area contributed by atoms with Crippen molar-refractivity contribution < 1.29 is 19.8 Å². The maximum atomic E-state index is 12.0. The van der Waals surface area contributed by atoms with Crippen molar-refractivity contribution in [2.45, 2.75) is 12.3 Å². The van der Waals surface area contributed by atoms with Crippen molar-refractivity contribution in [2.75, 3.05) is 13.5 Å². The van der Waals surface area contributed by atoms with Gasteiger partial charge in [-0.3, -0.25) is 19.6 Å². The monoisotopic (exact) mass is 254 g/mol. The summed E-state index contributed by atoms with van der Waals surface area (Å²) in [5, 5.41) is 18.5. The fourth-order valence-corrected chi connectivity index (χ4v) is 2.32. The predicted molar refractivity (Wildman–Crippen MR) is 60.3 cm³/mol. The first kappa shape index (κ1) is 12.4. The molecule has 2 rings (SSSR count). The third-order valence-electron chi connectivity index (χ3n) is 3.11. The van der Waals surface area contributed by atoms with E-state index in [4.69, 9.17) is 0 Å². The molecule has 18 heavy (non-hydrogen) atoms. The molecule has 2 heterocycles. The first-order valence-corrected chi connectivity index (χ1v) is 5.27. The van der Waals surface area contributed by atoms with E-state index >= 15 is 0 Å². The second kappa shape index (κ2) is 4.31.